The first-order valence-electron chi connectivity index (χ1n) is 5.27. The van der Waals surface area contributed by atoms with Gasteiger partial charge in [-0.05, 0) is 6.42 Å². The summed E-state index contributed by atoms with van der Waals surface area (Å²) in [5, 5.41) is 17.6. The minimum atomic E-state index is -1.04. The minimum absolute atomic E-state index is 0.315. The molecule has 3 N–H and O–H groups in total. The summed E-state index contributed by atoms with van der Waals surface area (Å²) >= 11 is 0. The number of carboxylic acids is 1. The number of nitrogens with one attached hydrogen (secondary N) is 2. The van der Waals surface area contributed by atoms with E-state index in [1.807, 2.05) is 0 Å². The van der Waals surface area contributed by atoms with Crippen LogP contribution in [0.25, 0.3) is 0 Å². The number of hydrogen-bond acceptors (Lipinski definition) is 3. The molecule has 0 radical (unpaired) electrons. The summed E-state index contributed by atoms with van der Waals surface area (Å²) in [6.07, 6.45) is 3.75. The monoisotopic (exact) mass is 240 g/mol. The van der Waals surface area contributed by atoms with E-state index in [0.29, 0.717) is 13.0 Å². The van der Waals surface area contributed by atoms with E-state index in [0.717, 1.165) is 5.56 Å². The Morgan fingerprint density at radius 1 is 1.59 bits per heavy atom. The first-order chi connectivity index (χ1) is 8.02. The van der Waals surface area contributed by atoms with Gasteiger partial charge in [0.2, 0.25) is 0 Å². The normalized spacial score (nSPS) is 11.9. The zero-order chi connectivity index (χ0) is 12.8. The van der Waals surface area contributed by atoms with Gasteiger partial charge in [0.15, 0.2) is 0 Å². The Morgan fingerprint density at radius 2 is 2.29 bits per heavy atom. The molecule has 0 spiro atoms. The molecule has 7 heteroatoms. The number of aromatic nitrogens is 2. The van der Waals surface area contributed by atoms with Crippen LogP contribution in [0.3, 0.4) is 0 Å². The van der Waals surface area contributed by atoms with Crippen LogP contribution >= 0.6 is 0 Å². The molecule has 0 fully saturated rings. The van der Waals surface area contributed by atoms with Crippen LogP contribution in [0.2, 0.25) is 0 Å². The number of carboxylic acid groups (broad SMARTS) is 1. The van der Waals surface area contributed by atoms with Crippen molar-refractivity contribution in [3.63, 3.8) is 0 Å². The van der Waals surface area contributed by atoms with Crippen molar-refractivity contribution in [2.75, 3.05) is 0 Å². The zero-order valence-corrected chi connectivity index (χ0v) is 9.80. The van der Waals surface area contributed by atoms with Crippen LogP contribution in [0.4, 0.5) is 4.79 Å². The molecule has 1 atom stereocenters. The molecule has 0 aliphatic carbocycles. The van der Waals surface area contributed by atoms with Crippen molar-refractivity contribution in [2.45, 2.75) is 25.9 Å². The quantitative estimate of drug-likeness (QED) is 0.679. The molecular formula is C10H16N4O3. The maximum atomic E-state index is 11.4. The van der Waals surface area contributed by atoms with E-state index in [1.54, 1.807) is 31.0 Å². The molecule has 0 aromatic carbocycles. The number of carbonyl (C=O) groups excluding carboxylic acids is 1. The molecule has 1 aromatic heterocycles. The van der Waals surface area contributed by atoms with E-state index in [2.05, 4.69) is 15.7 Å². The third-order valence-electron chi connectivity index (χ3n) is 2.22. The molecule has 1 aromatic rings. The summed E-state index contributed by atoms with van der Waals surface area (Å²) in [5.74, 6) is -1.04. The summed E-state index contributed by atoms with van der Waals surface area (Å²) in [5.41, 5.74) is 0.853. The van der Waals surface area contributed by atoms with E-state index < -0.39 is 18.0 Å². The van der Waals surface area contributed by atoms with Crippen molar-refractivity contribution in [2.24, 2.45) is 7.05 Å². The number of aliphatic carboxylic acids is 1. The molecule has 2 amide bonds. The van der Waals surface area contributed by atoms with Crippen LogP contribution in [-0.4, -0.2) is 32.9 Å². The highest BCUT2D eigenvalue weighted by Crippen LogP contribution is 1.95. The fraction of sp³-hybridized carbons (Fsp3) is 0.500. The predicted octanol–water partition coefficient (Wildman–Crippen LogP) is 0.0825. The lowest BCUT2D eigenvalue weighted by molar-refractivity contribution is -0.139. The Hall–Kier alpha value is -2.05. The average molecular weight is 240 g/mol. The van der Waals surface area contributed by atoms with Gasteiger partial charge in [0, 0.05) is 25.4 Å². The van der Waals surface area contributed by atoms with Crippen molar-refractivity contribution in [1.82, 2.24) is 20.4 Å². The Kier molecular flexibility index (Phi) is 4.50. The molecule has 0 bridgehead atoms. The molecule has 0 aliphatic rings. The third kappa shape index (κ3) is 4.13. The lowest BCUT2D eigenvalue weighted by atomic mass is 10.2. The number of rotatable bonds is 5. The summed E-state index contributed by atoms with van der Waals surface area (Å²) in [4.78, 5) is 22.1. The van der Waals surface area contributed by atoms with Crippen LogP contribution < -0.4 is 10.6 Å². The van der Waals surface area contributed by atoms with Crippen molar-refractivity contribution in [3.05, 3.63) is 18.0 Å². The topological polar surface area (TPSA) is 96.3 Å². The Morgan fingerprint density at radius 3 is 2.76 bits per heavy atom. The van der Waals surface area contributed by atoms with Gasteiger partial charge in [0.1, 0.15) is 6.04 Å². The molecule has 0 saturated carbocycles. The highest BCUT2D eigenvalue weighted by atomic mass is 16.4. The average Bonchev–Trinajstić information content (AvgIpc) is 2.68. The Bertz CT molecular complexity index is 402. The SMILES string of the molecule is CC[C@H](NC(=O)NCc1cnn(C)c1)C(=O)O. The van der Waals surface area contributed by atoms with Gasteiger partial charge in [-0.1, -0.05) is 6.92 Å². The number of urea groups is 1. The van der Waals surface area contributed by atoms with Gasteiger partial charge in [-0.25, -0.2) is 9.59 Å². The largest absolute Gasteiger partial charge is 0.480 e. The van der Waals surface area contributed by atoms with Crippen LogP contribution in [0.5, 0.6) is 0 Å². The first-order valence-corrected chi connectivity index (χ1v) is 5.27. The summed E-state index contributed by atoms with van der Waals surface area (Å²) in [6.45, 7) is 2.01. The van der Waals surface area contributed by atoms with Crippen LogP contribution in [-0.2, 0) is 18.4 Å². The first kappa shape index (κ1) is 13.0. The summed E-state index contributed by atoms with van der Waals surface area (Å²) in [7, 11) is 1.78. The number of aryl methyl sites for hydroxylation is 1. The maximum Gasteiger partial charge on any atom is 0.326 e. The molecule has 94 valence electrons. The standard InChI is InChI=1S/C10H16N4O3/c1-3-8(9(15)16)13-10(17)11-4-7-5-12-14(2)6-7/h5-6,8H,3-4H2,1-2H3,(H,15,16)(H2,11,13,17)/t8-/m0/s1. The van der Waals surface area contributed by atoms with Crippen LogP contribution in [0, 0.1) is 0 Å². The molecule has 0 unspecified atom stereocenters. The van der Waals surface area contributed by atoms with Gasteiger partial charge in [-0.15, -0.1) is 0 Å². The van der Waals surface area contributed by atoms with Gasteiger partial charge in [0.25, 0.3) is 0 Å². The van der Waals surface area contributed by atoms with E-state index in [9.17, 15) is 9.59 Å². The van der Waals surface area contributed by atoms with Gasteiger partial charge >= 0.3 is 12.0 Å². The Balaban J connectivity index is 2.37. The van der Waals surface area contributed by atoms with Crippen molar-refractivity contribution >= 4 is 12.0 Å². The molecule has 7 nitrogen and oxygen atoms in total. The second kappa shape index (κ2) is 5.88. The Labute approximate surface area is 98.8 Å². The van der Waals surface area contributed by atoms with E-state index in [4.69, 9.17) is 5.11 Å². The van der Waals surface area contributed by atoms with Gasteiger partial charge in [-0.2, -0.15) is 5.10 Å². The molecule has 1 rings (SSSR count). The van der Waals surface area contributed by atoms with E-state index >= 15 is 0 Å². The lowest BCUT2D eigenvalue weighted by Gasteiger charge is -2.12. The van der Waals surface area contributed by atoms with Gasteiger partial charge in [-0.3, -0.25) is 4.68 Å². The summed E-state index contributed by atoms with van der Waals surface area (Å²) < 4.78 is 1.63. The van der Waals surface area contributed by atoms with Gasteiger partial charge in [0.05, 0.1) is 6.20 Å². The molecule has 0 aliphatic heterocycles. The van der Waals surface area contributed by atoms with Crippen molar-refractivity contribution in [1.29, 1.82) is 0 Å². The predicted molar refractivity (Wildman–Crippen MR) is 60.3 cm³/mol. The highest BCUT2D eigenvalue weighted by Gasteiger charge is 2.16. The molecular weight excluding hydrogens is 224 g/mol. The smallest absolute Gasteiger partial charge is 0.326 e. The maximum absolute atomic E-state index is 11.4. The number of nitrogens with zero attached hydrogens (tertiary/aromatic N) is 2. The fourth-order valence-corrected chi connectivity index (χ4v) is 1.29. The van der Waals surface area contributed by atoms with Crippen molar-refractivity contribution < 1.29 is 14.7 Å². The fourth-order valence-electron chi connectivity index (χ4n) is 1.29. The van der Waals surface area contributed by atoms with Crippen LogP contribution in [0.1, 0.15) is 18.9 Å². The van der Waals surface area contributed by atoms with Crippen molar-refractivity contribution in [3.8, 4) is 0 Å². The third-order valence-corrected chi connectivity index (χ3v) is 2.22. The van der Waals surface area contributed by atoms with E-state index in [-0.39, 0.29) is 0 Å². The molecule has 0 saturated heterocycles. The molecule has 1 heterocycles. The minimum Gasteiger partial charge on any atom is -0.480 e. The summed E-state index contributed by atoms with van der Waals surface area (Å²) in [6, 6.07) is -1.35. The van der Waals surface area contributed by atoms with Gasteiger partial charge < -0.3 is 15.7 Å². The number of carbonyl (C=O) groups is 2. The number of hydrogen-bond donors (Lipinski definition) is 3. The second-order valence-electron chi connectivity index (χ2n) is 3.65. The van der Waals surface area contributed by atoms with E-state index in [1.165, 1.54) is 0 Å². The lowest BCUT2D eigenvalue weighted by Crippen LogP contribution is -2.45. The number of amides is 2. The highest BCUT2D eigenvalue weighted by molar-refractivity contribution is 5.82. The zero-order valence-electron chi connectivity index (χ0n) is 9.80. The second-order valence-corrected chi connectivity index (χ2v) is 3.65. The van der Waals surface area contributed by atoms with Crippen LogP contribution in [0.15, 0.2) is 12.4 Å². The molecule has 17 heavy (non-hydrogen) atoms.